The molecule has 3 aromatic carbocycles. The molecule has 0 aromatic heterocycles. The summed E-state index contributed by atoms with van der Waals surface area (Å²) in [7, 11) is 4.07. The van der Waals surface area contributed by atoms with Crippen molar-refractivity contribution < 1.29 is 9.53 Å². The van der Waals surface area contributed by atoms with Crippen LogP contribution in [0.1, 0.15) is 17.5 Å². The second-order valence-corrected chi connectivity index (χ2v) is 9.39. The maximum Gasteiger partial charge on any atom is 0.322 e. The SMILES string of the molecule is CN(C)CCCN(Cc1cc(Br)ccc1OCc1ccc(Cl)cc1)C(=O)Nc1ccccc1. The maximum absolute atomic E-state index is 13.1. The van der Waals surface area contributed by atoms with Crippen LogP contribution in [-0.4, -0.2) is 43.0 Å². The first-order valence-electron chi connectivity index (χ1n) is 10.8. The molecule has 0 aliphatic rings. The number of halogens is 2. The predicted molar refractivity (Wildman–Crippen MR) is 139 cm³/mol. The zero-order valence-corrected chi connectivity index (χ0v) is 21.3. The first-order chi connectivity index (χ1) is 15.9. The molecule has 3 rings (SSSR count). The van der Waals surface area contributed by atoms with Gasteiger partial charge in [-0.1, -0.05) is 57.9 Å². The summed E-state index contributed by atoms with van der Waals surface area (Å²) in [6, 6.07) is 22.8. The highest BCUT2D eigenvalue weighted by atomic mass is 79.9. The number of benzene rings is 3. The molecule has 0 fully saturated rings. The highest BCUT2D eigenvalue weighted by molar-refractivity contribution is 9.10. The summed E-state index contributed by atoms with van der Waals surface area (Å²) in [5, 5.41) is 3.70. The van der Waals surface area contributed by atoms with E-state index in [9.17, 15) is 4.79 Å². The van der Waals surface area contributed by atoms with Gasteiger partial charge < -0.3 is 19.9 Å². The summed E-state index contributed by atoms with van der Waals surface area (Å²) < 4.78 is 7.07. The van der Waals surface area contributed by atoms with E-state index in [2.05, 4.69) is 26.1 Å². The van der Waals surface area contributed by atoms with E-state index in [1.807, 2.05) is 91.8 Å². The van der Waals surface area contributed by atoms with Crippen LogP contribution in [0.25, 0.3) is 0 Å². The molecule has 1 N–H and O–H groups in total. The second-order valence-electron chi connectivity index (χ2n) is 8.04. The van der Waals surface area contributed by atoms with Crippen LogP contribution in [0.4, 0.5) is 10.5 Å². The Morgan fingerprint density at radius 2 is 1.73 bits per heavy atom. The Hall–Kier alpha value is -2.54. The second kappa shape index (κ2) is 12.6. The fourth-order valence-electron chi connectivity index (χ4n) is 3.31. The van der Waals surface area contributed by atoms with Gasteiger partial charge in [0.25, 0.3) is 0 Å². The first kappa shape index (κ1) is 25.1. The summed E-state index contributed by atoms with van der Waals surface area (Å²) in [5.74, 6) is 0.748. The number of amides is 2. The molecule has 0 aliphatic heterocycles. The van der Waals surface area contributed by atoms with E-state index in [1.165, 1.54) is 0 Å². The molecule has 0 heterocycles. The quantitative estimate of drug-likeness (QED) is 0.318. The number of nitrogens with zero attached hydrogens (tertiary/aromatic N) is 2. The van der Waals surface area contributed by atoms with Crippen molar-refractivity contribution >= 4 is 39.2 Å². The molecule has 0 spiro atoms. The van der Waals surface area contributed by atoms with E-state index >= 15 is 0 Å². The van der Waals surface area contributed by atoms with Crippen LogP contribution in [0.15, 0.2) is 77.3 Å². The van der Waals surface area contributed by atoms with Crippen molar-refractivity contribution in [2.75, 3.05) is 32.5 Å². The molecule has 0 unspecified atom stereocenters. The van der Waals surface area contributed by atoms with Crippen molar-refractivity contribution in [3.8, 4) is 5.75 Å². The summed E-state index contributed by atoms with van der Waals surface area (Å²) in [5.41, 5.74) is 2.73. The number of hydrogen-bond donors (Lipinski definition) is 1. The van der Waals surface area contributed by atoms with Gasteiger partial charge in [-0.3, -0.25) is 0 Å². The fourth-order valence-corrected chi connectivity index (χ4v) is 3.85. The molecular weight excluding hydrogens is 502 g/mol. The van der Waals surface area contributed by atoms with Crippen LogP contribution >= 0.6 is 27.5 Å². The maximum atomic E-state index is 13.1. The van der Waals surface area contributed by atoms with Gasteiger partial charge >= 0.3 is 6.03 Å². The molecule has 0 bridgehead atoms. The molecule has 0 aliphatic carbocycles. The Balaban J connectivity index is 1.75. The predicted octanol–water partition coefficient (Wildman–Crippen LogP) is 6.67. The number of nitrogens with one attached hydrogen (secondary N) is 1. The third kappa shape index (κ3) is 8.39. The van der Waals surface area contributed by atoms with Crippen LogP contribution in [0, 0.1) is 0 Å². The van der Waals surface area contributed by atoms with Gasteiger partial charge in [0.05, 0.1) is 6.54 Å². The number of rotatable bonds is 10. The number of ether oxygens (including phenoxy) is 1. The van der Waals surface area contributed by atoms with Gasteiger partial charge in [-0.15, -0.1) is 0 Å². The molecule has 0 saturated carbocycles. The summed E-state index contributed by atoms with van der Waals surface area (Å²) in [6.45, 7) is 2.37. The van der Waals surface area contributed by atoms with Crippen molar-refractivity contribution in [2.45, 2.75) is 19.6 Å². The number of para-hydroxylation sites is 1. The Bertz CT molecular complexity index is 1030. The number of urea groups is 1. The van der Waals surface area contributed by atoms with Gasteiger partial charge in [0.1, 0.15) is 12.4 Å². The van der Waals surface area contributed by atoms with Crippen molar-refractivity contribution in [2.24, 2.45) is 0 Å². The van der Waals surface area contributed by atoms with Gasteiger partial charge in [-0.05, 0) is 75.1 Å². The lowest BCUT2D eigenvalue weighted by Crippen LogP contribution is -2.36. The molecule has 7 heteroatoms. The van der Waals surface area contributed by atoms with Gasteiger partial charge in [-0.2, -0.15) is 0 Å². The molecule has 5 nitrogen and oxygen atoms in total. The minimum absolute atomic E-state index is 0.136. The van der Waals surface area contributed by atoms with E-state index in [0.717, 1.165) is 40.0 Å². The normalized spacial score (nSPS) is 10.8. The molecule has 0 saturated heterocycles. The van der Waals surface area contributed by atoms with Crippen LogP contribution in [0.5, 0.6) is 5.75 Å². The zero-order valence-electron chi connectivity index (χ0n) is 18.9. The van der Waals surface area contributed by atoms with Gasteiger partial charge in [-0.25, -0.2) is 4.79 Å². The van der Waals surface area contributed by atoms with Gasteiger partial charge in [0.15, 0.2) is 0 Å². The summed E-state index contributed by atoms with van der Waals surface area (Å²) in [4.78, 5) is 17.1. The number of anilines is 1. The Morgan fingerprint density at radius 1 is 1.00 bits per heavy atom. The average Bonchev–Trinajstić information content (AvgIpc) is 2.79. The number of carbonyl (C=O) groups is 1. The van der Waals surface area contributed by atoms with Crippen molar-refractivity contribution in [1.29, 1.82) is 0 Å². The lowest BCUT2D eigenvalue weighted by molar-refractivity contribution is 0.204. The molecule has 0 radical (unpaired) electrons. The van der Waals surface area contributed by atoms with E-state index < -0.39 is 0 Å². The lowest BCUT2D eigenvalue weighted by Gasteiger charge is -2.25. The Labute approximate surface area is 209 Å². The van der Waals surface area contributed by atoms with E-state index in [0.29, 0.717) is 24.7 Å². The summed E-state index contributed by atoms with van der Waals surface area (Å²) >= 11 is 9.54. The van der Waals surface area contributed by atoms with Crippen LogP contribution in [0.2, 0.25) is 5.02 Å². The monoisotopic (exact) mass is 529 g/mol. The van der Waals surface area contributed by atoms with E-state index in [1.54, 1.807) is 0 Å². The minimum atomic E-state index is -0.136. The third-order valence-electron chi connectivity index (χ3n) is 5.04. The lowest BCUT2D eigenvalue weighted by atomic mass is 10.1. The largest absolute Gasteiger partial charge is 0.489 e. The summed E-state index contributed by atoms with van der Waals surface area (Å²) in [6.07, 6.45) is 0.865. The topological polar surface area (TPSA) is 44.8 Å². The molecule has 2 amide bonds. The van der Waals surface area contributed by atoms with Crippen LogP contribution in [0.3, 0.4) is 0 Å². The fraction of sp³-hybridized carbons (Fsp3) is 0.269. The Kier molecular flexibility index (Phi) is 9.61. The van der Waals surface area contributed by atoms with Crippen molar-refractivity contribution in [3.63, 3.8) is 0 Å². The highest BCUT2D eigenvalue weighted by Crippen LogP contribution is 2.26. The average molecular weight is 531 g/mol. The number of hydrogen-bond acceptors (Lipinski definition) is 3. The van der Waals surface area contributed by atoms with Crippen molar-refractivity contribution in [3.05, 3.63) is 93.4 Å². The van der Waals surface area contributed by atoms with Crippen LogP contribution < -0.4 is 10.1 Å². The molecule has 174 valence electrons. The van der Waals surface area contributed by atoms with Gasteiger partial charge in [0.2, 0.25) is 0 Å². The smallest absolute Gasteiger partial charge is 0.322 e. The Morgan fingerprint density at radius 3 is 2.42 bits per heavy atom. The highest BCUT2D eigenvalue weighted by Gasteiger charge is 2.17. The van der Waals surface area contributed by atoms with E-state index in [-0.39, 0.29) is 6.03 Å². The number of carbonyl (C=O) groups excluding carboxylic acids is 1. The van der Waals surface area contributed by atoms with Crippen molar-refractivity contribution in [1.82, 2.24) is 9.80 Å². The van der Waals surface area contributed by atoms with Gasteiger partial charge in [0, 0.05) is 27.3 Å². The molecular formula is C26H29BrClN3O2. The van der Waals surface area contributed by atoms with Crippen LogP contribution in [-0.2, 0) is 13.2 Å². The standard InChI is InChI=1S/C26H29BrClN3O2/c1-30(2)15-6-16-31(26(32)29-24-7-4-3-5-8-24)18-21-17-22(27)11-14-25(21)33-19-20-9-12-23(28)13-10-20/h3-5,7-14,17H,6,15-16,18-19H2,1-2H3,(H,29,32). The molecule has 33 heavy (non-hydrogen) atoms. The molecule has 0 atom stereocenters. The molecule has 3 aromatic rings. The first-order valence-corrected chi connectivity index (χ1v) is 12.0. The third-order valence-corrected chi connectivity index (χ3v) is 5.78. The zero-order chi connectivity index (χ0) is 23.6. The van der Waals surface area contributed by atoms with E-state index in [4.69, 9.17) is 16.3 Å². The minimum Gasteiger partial charge on any atom is -0.489 e.